The first-order chi connectivity index (χ1) is 5.14. The first-order valence-electron chi connectivity index (χ1n) is 3.74. The average Bonchev–Trinajstić information content (AvgIpc) is 2.06. The average molecular weight is 156 g/mol. The van der Waals surface area contributed by atoms with Crippen molar-refractivity contribution in [3.63, 3.8) is 0 Å². The van der Waals surface area contributed by atoms with Gasteiger partial charge in [0.2, 0.25) is 0 Å². The minimum atomic E-state index is -0.191. The molecule has 65 valence electrons. The molecule has 0 saturated carbocycles. The number of nitrogens with one attached hydrogen (secondary N) is 3. The van der Waals surface area contributed by atoms with Gasteiger partial charge in [0.15, 0.2) is 0 Å². The Morgan fingerprint density at radius 3 is 1.82 bits per heavy atom. The maximum atomic E-state index is 5.45. The van der Waals surface area contributed by atoms with Crippen LogP contribution >= 0.6 is 0 Å². The molecule has 1 unspecified atom stereocenters. The Morgan fingerprint density at radius 2 is 1.73 bits per heavy atom. The number of rotatable bonds is 5. The molecule has 0 aromatic heterocycles. The quantitative estimate of drug-likeness (QED) is 0.479. The smallest absolute Gasteiger partial charge is 0.0847 e. The molecule has 1 radical (unpaired) electrons. The highest BCUT2D eigenvalue weighted by atomic mass is 15.2. The van der Waals surface area contributed by atoms with Gasteiger partial charge in [0.05, 0.1) is 11.7 Å². The summed E-state index contributed by atoms with van der Waals surface area (Å²) in [6.45, 7) is 7.49. The monoisotopic (exact) mass is 156 g/mol. The van der Waals surface area contributed by atoms with Gasteiger partial charge in [-0.05, 0) is 28.1 Å². The second-order valence-corrected chi connectivity index (χ2v) is 2.66. The van der Waals surface area contributed by atoms with Crippen LogP contribution in [0.3, 0.4) is 0 Å². The Kier molecular flexibility index (Phi) is 4.33. The summed E-state index contributed by atoms with van der Waals surface area (Å²) in [6.07, 6.45) is 1.63. The largest absolute Gasteiger partial charge is 0.311 e. The highest BCUT2D eigenvalue weighted by molar-refractivity contribution is 4.99. The van der Waals surface area contributed by atoms with Gasteiger partial charge >= 0.3 is 0 Å². The first-order valence-corrected chi connectivity index (χ1v) is 3.74. The second-order valence-electron chi connectivity index (χ2n) is 2.66. The normalized spacial score (nSPS) is 14.5. The van der Waals surface area contributed by atoms with Crippen LogP contribution in [0.1, 0.15) is 6.92 Å². The van der Waals surface area contributed by atoms with E-state index < -0.39 is 0 Å². The molecular formula is C8H18N3. The van der Waals surface area contributed by atoms with Gasteiger partial charge in [0.25, 0.3) is 0 Å². The van der Waals surface area contributed by atoms with E-state index in [-0.39, 0.29) is 11.7 Å². The highest BCUT2D eigenvalue weighted by Gasteiger charge is 2.26. The molecule has 0 aromatic rings. The van der Waals surface area contributed by atoms with Gasteiger partial charge in [0, 0.05) is 0 Å². The van der Waals surface area contributed by atoms with Crippen LogP contribution in [0.25, 0.3) is 0 Å². The van der Waals surface area contributed by atoms with Crippen molar-refractivity contribution in [2.45, 2.75) is 18.6 Å². The molecule has 0 aliphatic heterocycles. The van der Waals surface area contributed by atoms with Crippen LogP contribution in [-0.4, -0.2) is 32.8 Å². The molecule has 0 heterocycles. The van der Waals surface area contributed by atoms with Crippen molar-refractivity contribution in [2.75, 3.05) is 21.1 Å². The van der Waals surface area contributed by atoms with Crippen molar-refractivity contribution in [1.82, 2.24) is 16.0 Å². The molecule has 0 spiro atoms. The molecule has 11 heavy (non-hydrogen) atoms. The van der Waals surface area contributed by atoms with Crippen molar-refractivity contribution >= 4 is 0 Å². The van der Waals surface area contributed by atoms with Crippen LogP contribution in [0.5, 0.6) is 0 Å². The van der Waals surface area contributed by atoms with E-state index in [0.29, 0.717) is 0 Å². The van der Waals surface area contributed by atoms with Crippen LogP contribution in [0.4, 0.5) is 0 Å². The number of likely N-dealkylation sites (N-methyl/N-ethyl adjacent to an activating group) is 3. The maximum absolute atomic E-state index is 5.45. The fraction of sp³-hybridized carbons (Fsp3) is 0.750. The van der Waals surface area contributed by atoms with E-state index in [1.807, 2.05) is 28.1 Å². The zero-order chi connectivity index (χ0) is 8.91. The van der Waals surface area contributed by atoms with Gasteiger partial charge in [-0.2, -0.15) is 0 Å². The lowest BCUT2D eigenvalue weighted by Crippen LogP contribution is -2.62. The Balaban J connectivity index is 4.30. The predicted octanol–water partition coefficient (Wildman–Crippen LogP) is -0.281. The number of hydrogen-bond acceptors (Lipinski definition) is 3. The summed E-state index contributed by atoms with van der Waals surface area (Å²) in [5.41, 5.74) is -0.191. The van der Waals surface area contributed by atoms with E-state index in [0.717, 1.165) is 0 Å². The molecule has 0 aromatic carbocycles. The lowest BCUT2D eigenvalue weighted by atomic mass is 10.0. The zero-order valence-corrected chi connectivity index (χ0v) is 7.73. The maximum Gasteiger partial charge on any atom is 0.0847 e. The summed E-state index contributed by atoms with van der Waals surface area (Å²) in [5, 5.41) is 9.38. The molecule has 3 N–H and O–H groups in total. The predicted molar refractivity (Wildman–Crippen MR) is 48.2 cm³/mol. The van der Waals surface area contributed by atoms with Crippen molar-refractivity contribution < 1.29 is 0 Å². The third-order valence-electron chi connectivity index (χ3n) is 2.16. The summed E-state index contributed by atoms with van der Waals surface area (Å²) in [6, 6.07) is 0.109. The third-order valence-corrected chi connectivity index (χ3v) is 2.16. The third kappa shape index (κ3) is 2.29. The summed E-state index contributed by atoms with van der Waals surface area (Å²) in [7, 11) is 5.66. The molecular weight excluding hydrogens is 138 g/mol. The molecule has 3 nitrogen and oxygen atoms in total. The fourth-order valence-corrected chi connectivity index (χ4v) is 1.01. The minimum Gasteiger partial charge on any atom is -0.311 e. The molecule has 0 saturated heterocycles. The van der Waals surface area contributed by atoms with E-state index in [4.69, 9.17) is 6.58 Å². The van der Waals surface area contributed by atoms with Gasteiger partial charge in [-0.15, -0.1) is 0 Å². The van der Waals surface area contributed by atoms with E-state index in [1.54, 1.807) is 6.08 Å². The second kappa shape index (κ2) is 4.49. The molecule has 0 aliphatic carbocycles. The lowest BCUT2D eigenvalue weighted by Gasteiger charge is -2.35. The molecule has 0 aliphatic rings. The van der Waals surface area contributed by atoms with Crippen molar-refractivity contribution in [2.24, 2.45) is 0 Å². The van der Waals surface area contributed by atoms with Crippen LogP contribution < -0.4 is 16.0 Å². The summed E-state index contributed by atoms with van der Waals surface area (Å²) in [5.74, 6) is 0. The first kappa shape index (κ1) is 10.6. The minimum absolute atomic E-state index is 0.109. The summed E-state index contributed by atoms with van der Waals surface area (Å²) >= 11 is 0. The van der Waals surface area contributed by atoms with E-state index >= 15 is 0 Å². The van der Waals surface area contributed by atoms with Gasteiger partial charge < -0.3 is 16.0 Å². The topological polar surface area (TPSA) is 36.1 Å². The van der Waals surface area contributed by atoms with E-state index in [1.165, 1.54) is 0 Å². The molecule has 1 atom stereocenters. The van der Waals surface area contributed by atoms with Crippen molar-refractivity contribution in [3.05, 3.63) is 12.7 Å². The van der Waals surface area contributed by atoms with Crippen LogP contribution in [0, 0.1) is 6.58 Å². The lowest BCUT2D eigenvalue weighted by molar-refractivity contribution is 0.271. The Morgan fingerprint density at radius 1 is 1.27 bits per heavy atom. The van der Waals surface area contributed by atoms with E-state index in [9.17, 15) is 0 Å². The molecule has 3 heteroatoms. The molecule has 0 amide bonds. The van der Waals surface area contributed by atoms with Gasteiger partial charge in [-0.25, -0.2) is 0 Å². The van der Waals surface area contributed by atoms with Gasteiger partial charge in [0.1, 0.15) is 0 Å². The van der Waals surface area contributed by atoms with Crippen LogP contribution in [0.2, 0.25) is 0 Å². The van der Waals surface area contributed by atoms with Crippen molar-refractivity contribution in [3.8, 4) is 0 Å². The molecule has 0 fully saturated rings. The molecule has 0 rings (SSSR count). The standard InChI is InChI=1S/C8H18N3/c1-6-7(9-3)8(2,10-4)11-5/h1,6-7,9-11H,2-5H3. The Hall–Kier alpha value is -0.380. The van der Waals surface area contributed by atoms with E-state index in [2.05, 4.69) is 16.0 Å². The summed E-state index contributed by atoms with van der Waals surface area (Å²) in [4.78, 5) is 0. The van der Waals surface area contributed by atoms with Crippen LogP contribution in [-0.2, 0) is 0 Å². The fourth-order valence-electron chi connectivity index (χ4n) is 1.01. The van der Waals surface area contributed by atoms with Crippen LogP contribution in [0.15, 0.2) is 6.08 Å². The zero-order valence-electron chi connectivity index (χ0n) is 7.73. The van der Waals surface area contributed by atoms with Crippen molar-refractivity contribution in [1.29, 1.82) is 0 Å². The Labute approximate surface area is 69.3 Å². The van der Waals surface area contributed by atoms with Gasteiger partial charge in [-0.1, -0.05) is 12.7 Å². The molecule has 0 bridgehead atoms. The highest BCUT2D eigenvalue weighted by Crippen LogP contribution is 2.04. The number of hydrogen-bond donors (Lipinski definition) is 3. The van der Waals surface area contributed by atoms with Gasteiger partial charge in [-0.3, -0.25) is 0 Å². The summed E-state index contributed by atoms with van der Waals surface area (Å²) < 4.78 is 0. The Bertz CT molecular complexity index is 119. The SMILES string of the molecule is [CH]=CC(NC)C(C)(NC)NC.